The Morgan fingerprint density at radius 2 is 1.96 bits per heavy atom. The van der Waals surface area contributed by atoms with E-state index in [1.807, 2.05) is 4.90 Å². The van der Waals surface area contributed by atoms with E-state index in [2.05, 4.69) is 28.7 Å². The number of halogens is 1. The molecule has 4 rings (SSSR count). The van der Waals surface area contributed by atoms with Crippen molar-refractivity contribution in [2.75, 3.05) is 19.6 Å². The van der Waals surface area contributed by atoms with Crippen molar-refractivity contribution < 1.29 is 9.18 Å². The first-order valence-electron chi connectivity index (χ1n) is 10.2. The maximum atomic E-state index is 13.5. The van der Waals surface area contributed by atoms with Crippen LogP contribution in [0.3, 0.4) is 0 Å². The van der Waals surface area contributed by atoms with Crippen LogP contribution in [0.5, 0.6) is 0 Å². The fraction of sp³-hybridized carbons (Fsp3) is 0.619. The second-order valence-electron chi connectivity index (χ2n) is 8.23. The third-order valence-electron chi connectivity index (χ3n) is 6.17. The zero-order chi connectivity index (χ0) is 19.0. The number of H-pyrrole nitrogens is 1. The lowest BCUT2D eigenvalue weighted by Crippen LogP contribution is -2.47. The lowest BCUT2D eigenvalue weighted by atomic mass is 9.92. The first-order valence-corrected chi connectivity index (χ1v) is 10.2. The molecule has 5 nitrogen and oxygen atoms in total. The Kier molecular flexibility index (Phi) is 5.17. The summed E-state index contributed by atoms with van der Waals surface area (Å²) in [5.41, 5.74) is 1.46. The predicted octanol–water partition coefficient (Wildman–Crippen LogP) is 3.88. The molecule has 0 radical (unpaired) electrons. The van der Waals surface area contributed by atoms with E-state index in [0.29, 0.717) is 11.6 Å². The molecule has 1 atom stereocenters. The third kappa shape index (κ3) is 3.72. The van der Waals surface area contributed by atoms with Crippen molar-refractivity contribution in [2.24, 2.45) is 5.92 Å². The minimum Gasteiger partial charge on any atom is -0.340 e. The average molecular weight is 372 g/mol. The van der Waals surface area contributed by atoms with Crippen LogP contribution in [0.2, 0.25) is 0 Å². The van der Waals surface area contributed by atoms with Gasteiger partial charge in [0.15, 0.2) is 0 Å². The maximum absolute atomic E-state index is 13.5. The Morgan fingerprint density at radius 3 is 2.70 bits per heavy atom. The summed E-state index contributed by atoms with van der Waals surface area (Å²) in [4.78, 5) is 25.7. The van der Waals surface area contributed by atoms with Crippen LogP contribution in [-0.4, -0.2) is 51.4 Å². The van der Waals surface area contributed by atoms with Gasteiger partial charge in [0.05, 0.1) is 17.1 Å². The molecule has 0 unspecified atom stereocenters. The van der Waals surface area contributed by atoms with E-state index in [1.165, 1.54) is 12.1 Å². The second-order valence-corrected chi connectivity index (χ2v) is 8.23. The molecule has 1 N–H and O–H groups in total. The molecule has 1 aromatic carbocycles. The lowest BCUT2D eigenvalue weighted by Gasteiger charge is -2.40. The second kappa shape index (κ2) is 7.58. The zero-order valence-electron chi connectivity index (χ0n) is 16.2. The van der Waals surface area contributed by atoms with E-state index < -0.39 is 0 Å². The molecule has 0 bridgehead atoms. The van der Waals surface area contributed by atoms with Gasteiger partial charge in [-0.25, -0.2) is 9.37 Å². The van der Waals surface area contributed by atoms with Gasteiger partial charge in [-0.05, 0) is 77.2 Å². The van der Waals surface area contributed by atoms with E-state index in [9.17, 15) is 9.18 Å². The molecule has 1 amide bonds. The number of likely N-dealkylation sites (tertiary alicyclic amines) is 2. The number of piperidine rings is 2. The molecular formula is C21H29FN4O. The number of hydrogen-bond donors (Lipinski definition) is 1. The molecule has 2 fully saturated rings. The molecule has 0 saturated carbocycles. The summed E-state index contributed by atoms with van der Waals surface area (Å²) < 4.78 is 13.5. The van der Waals surface area contributed by atoms with Crippen molar-refractivity contribution in [3.8, 4) is 0 Å². The summed E-state index contributed by atoms with van der Waals surface area (Å²) in [5.74, 6) is 0.909. The zero-order valence-corrected chi connectivity index (χ0v) is 16.2. The average Bonchev–Trinajstić information content (AvgIpc) is 3.10. The standard InChI is InChI=1S/C21H29FN4O/c1-14(2)25-11-8-15(9-12-25)21(27)26-10-4-3-5-19(26)20-23-17-7-6-16(22)13-18(17)24-20/h6-7,13-15,19H,3-5,8-12H2,1-2H3,(H,23,24)/t19-/m0/s1. The van der Waals surface area contributed by atoms with Crippen LogP contribution >= 0.6 is 0 Å². The molecule has 0 spiro atoms. The molecule has 2 aliphatic rings. The summed E-state index contributed by atoms with van der Waals surface area (Å²) >= 11 is 0. The van der Waals surface area contributed by atoms with Crippen molar-refractivity contribution in [1.29, 1.82) is 0 Å². The van der Waals surface area contributed by atoms with Gasteiger partial charge in [-0.3, -0.25) is 4.79 Å². The molecule has 6 heteroatoms. The van der Waals surface area contributed by atoms with Gasteiger partial charge in [0, 0.05) is 18.5 Å². The Bertz CT molecular complexity index is 810. The number of carbonyl (C=O) groups excluding carboxylic acids is 1. The molecular weight excluding hydrogens is 343 g/mol. The van der Waals surface area contributed by atoms with Crippen LogP contribution in [0.25, 0.3) is 11.0 Å². The van der Waals surface area contributed by atoms with Gasteiger partial charge >= 0.3 is 0 Å². The molecule has 2 saturated heterocycles. The fourth-order valence-corrected chi connectivity index (χ4v) is 4.54. The van der Waals surface area contributed by atoms with E-state index in [4.69, 9.17) is 0 Å². The number of amides is 1. The Balaban J connectivity index is 1.52. The summed E-state index contributed by atoms with van der Waals surface area (Å²) in [6.07, 6.45) is 4.92. The number of aromatic nitrogens is 2. The van der Waals surface area contributed by atoms with Crippen molar-refractivity contribution >= 4 is 16.9 Å². The number of rotatable bonds is 3. The first-order chi connectivity index (χ1) is 13.0. The normalized spacial score (nSPS) is 22.7. The van der Waals surface area contributed by atoms with E-state index in [1.54, 1.807) is 6.07 Å². The predicted molar refractivity (Wildman–Crippen MR) is 104 cm³/mol. The molecule has 1 aromatic heterocycles. The topological polar surface area (TPSA) is 52.2 Å². The number of fused-ring (bicyclic) bond motifs is 1. The van der Waals surface area contributed by atoms with Crippen LogP contribution in [0.4, 0.5) is 4.39 Å². The minimum absolute atomic E-state index is 0.0233. The van der Waals surface area contributed by atoms with Crippen molar-refractivity contribution in [3.05, 3.63) is 29.8 Å². The molecule has 2 aliphatic heterocycles. The smallest absolute Gasteiger partial charge is 0.226 e. The highest BCUT2D eigenvalue weighted by Crippen LogP contribution is 2.33. The van der Waals surface area contributed by atoms with Gasteiger partial charge in [0.2, 0.25) is 5.91 Å². The number of nitrogens with one attached hydrogen (secondary N) is 1. The summed E-state index contributed by atoms with van der Waals surface area (Å²) in [6, 6.07) is 5.12. The van der Waals surface area contributed by atoms with Crippen molar-refractivity contribution in [2.45, 2.75) is 58.0 Å². The highest BCUT2D eigenvalue weighted by molar-refractivity contribution is 5.80. The Labute approximate surface area is 159 Å². The van der Waals surface area contributed by atoms with Gasteiger partial charge in [-0.15, -0.1) is 0 Å². The van der Waals surface area contributed by atoms with Gasteiger partial charge < -0.3 is 14.8 Å². The Hall–Kier alpha value is -1.95. The van der Waals surface area contributed by atoms with Crippen molar-refractivity contribution in [3.63, 3.8) is 0 Å². The highest BCUT2D eigenvalue weighted by Gasteiger charge is 2.35. The number of aromatic amines is 1. The SMILES string of the molecule is CC(C)N1CCC(C(=O)N2CCCC[C@H]2c2nc3ccc(F)cc3[nH]2)CC1. The third-order valence-corrected chi connectivity index (χ3v) is 6.17. The number of carbonyl (C=O) groups is 1. The largest absolute Gasteiger partial charge is 0.340 e. The summed E-state index contributed by atoms with van der Waals surface area (Å²) in [6.45, 7) is 7.22. The Morgan fingerprint density at radius 1 is 1.19 bits per heavy atom. The van der Waals surface area contributed by atoms with Crippen LogP contribution in [0, 0.1) is 11.7 Å². The fourth-order valence-electron chi connectivity index (χ4n) is 4.54. The molecule has 0 aliphatic carbocycles. The molecule has 27 heavy (non-hydrogen) atoms. The quantitative estimate of drug-likeness (QED) is 0.890. The lowest BCUT2D eigenvalue weighted by molar-refractivity contribution is -0.141. The minimum atomic E-state index is -0.272. The van der Waals surface area contributed by atoms with Gasteiger partial charge in [0.1, 0.15) is 11.6 Å². The van der Waals surface area contributed by atoms with E-state index >= 15 is 0 Å². The van der Waals surface area contributed by atoms with Crippen LogP contribution in [-0.2, 0) is 4.79 Å². The monoisotopic (exact) mass is 372 g/mol. The van der Waals surface area contributed by atoms with Gasteiger partial charge in [-0.2, -0.15) is 0 Å². The highest BCUT2D eigenvalue weighted by atomic mass is 19.1. The molecule has 146 valence electrons. The molecule has 3 heterocycles. The van der Waals surface area contributed by atoms with Crippen LogP contribution in [0.1, 0.15) is 57.8 Å². The van der Waals surface area contributed by atoms with Crippen molar-refractivity contribution in [1.82, 2.24) is 19.8 Å². The summed E-state index contributed by atoms with van der Waals surface area (Å²) in [5, 5.41) is 0. The number of hydrogen-bond acceptors (Lipinski definition) is 3. The van der Waals surface area contributed by atoms with Gasteiger partial charge in [-0.1, -0.05) is 0 Å². The first kappa shape index (κ1) is 18.4. The molecule has 2 aromatic rings. The number of nitrogens with zero attached hydrogens (tertiary/aromatic N) is 3. The van der Waals surface area contributed by atoms with E-state index in [-0.39, 0.29) is 23.7 Å². The number of imidazole rings is 1. The van der Waals surface area contributed by atoms with E-state index in [0.717, 1.165) is 63.1 Å². The number of benzene rings is 1. The summed E-state index contributed by atoms with van der Waals surface area (Å²) in [7, 11) is 0. The van der Waals surface area contributed by atoms with Crippen LogP contribution in [0.15, 0.2) is 18.2 Å². The maximum Gasteiger partial charge on any atom is 0.226 e. The van der Waals surface area contributed by atoms with Gasteiger partial charge in [0.25, 0.3) is 0 Å². The van der Waals surface area contributed by atoms with Crippen LogP contribution < -0.4 is 0 Å².